The molecule has 1 aromatic heterocycles. The average molecular weight is 407 g/mol. The summed E-state index contributed by atoms with van der Waals surface area (Å²) in [6.45, 7) is 1.50. The van der Waals surface area contributed by atoms with Crippen molar-refractivity contribution in [1.82, 2.24) is 14.5 Å². The number of amides is 1. The number of carbonyl (C=O) groups excluding carboxylic acids is 1. The molecule has 2 aromatic carbocycles. The van der Waals surface area contributed by atoms with Crippen LogP contribution in [0.25, 0.3) is 5.69 Å². The zero-order chi connectivity index (χ0) is 20.9. The standard InChI is InChI=1S/C24H26FN3O2/c1-30-22-10-4-18(5-11-22)2-3-19-12-14-27(15-13-19)24(29)23-16-26-17-28(23)21-8-6-20(25)7-9-21/h4-11,16-17,19H,2-3,12-15H2,1H3. The van der Waals surface area contributed by atoms with Crippen LogP contribution in [0.5, 0.6) is 5.75 Å². The maximum atomic E-state index is 13.2. The molecule has 6 heteroatoms. The number of imidazole rings is 1. The fraction of sp³-hybridized carbons (Fsp3) is 0.333. The van der Waals surface area contributed by atoms with Gasteiger partial charge in [0.15, 0.2) is 0 Å². The van der Waals surface area contributed by atoms with E-state index in [0.717, 1.165) is 50.2 Å². The van der Waals surface area contributed by atoms with Crippen LogP contribution in [0.3, 0.4) is 0 Å². The van der Waals surface area contributed by atoms with Gasteiger partial charge in [0.05, 0.1) is 19.6 Å². The molecule has 1 saturated heterocycles. The van der Waals surface area contributed by atoms with Crippen LogP contribution < -0.4 is 4.74 Å². The molecule has 1 amide bonds. The summed E-state index contributed by atoms with van der Waals surface area (Å²) in [6, 6.07) is 14.3. The second-order valence-electron chi connectivity index (χ2n) is 7.75. The van der Waals surface area contributed by atoms with Crippen LogP contribution in [-0.2, 0) is 6.42 Å². The van der Waals surface area contributed by atoms with Gasteiger partial charge in [-0.2, -0.15) is 0 Å². The monoisotopic (exact) mass is 407 g/mol. The first-order valence-corrected chi connectivity index (χ1v) is 10.3. The second kappa shape index (κ2) is 9.11. The molecule has 1 fully saturated rings. The second-order valence-corrected chi connectivity index (χ2v) is 7.75. The van der Waals surface area contributed by atoms with Crippen LogP contribution in [-0.4, -0.2) is 40.6 Å². The van der Waals surface area contributed by atoms with E-state index in [0.29, 0.717) is 11.6 Å². The van der Waals surface area contributed by atoms with Crippen molar-refractivity contribution in [1.29, 1.82) is 0 Å². The number of rotatable bonds is 6. The highest BCUT2D eigenvalue weighted by Crippen LogP contribution is 2.25. The molecule has 0 saturated carbocycles. The largest absolute Gasteiger partial charge is 0.497 e. The number of hydrogen-bond donors (Lipinski definition) is 0. The Morgan fingerprint density at radius 1 is 1.10 bits per heavy atom. The van der Waals surface area contributed by atoms with E-state index in [2.05, 4.69) is 17.1 Å². The Hall–Kier alpha value is -3.15. The van der Waals surface area contributed by atoms with Crippen molar-refractivity contribution in [3.63, 3.8) is 0 Å². The molecule has 2 heterocycles. The van der Waals surface area contributed by atoms with Crippen LogP contribution in [0.1, 0.15) is 35.3 Å². The normalized spacial score (nSPS) is 14.7. The number of piperidine rings is 1. The van der Waals surface area contributed by atoms with Gasteiger partial charge in [0.2, 0.25) is 0 Å². The minimum absolute atomic E-state index is 0.0228. The number of benzene rings is 2. The molecule has 0 radical (unpaired) electrons. The summed E-state index contributed by atoms with van der Waals surface area (Å²) in [7, 11) is 1.68. The Morgan fingerprint density at radius 2 is 1.80 bits per heavy atom. The first-order valence-electron chi connectivity index (χ1n) is 10.3. The molecule has 1 aliphatic rings. The number of aromatic nitrogens is 2. The summed E-state index contributed by atoms with van der Waals surface area (Å²) in [5.74, 6) is 1.18. The predicted molar refractivity (Wildman–Crippen MR) is 113 cm³/mol. The van der Waals surface area contributed by atoms with Gasteiger partial charge in [-0.25, -0.2) is 9.37 Å². The zero-order valence-corrected chi connectivity index (χ0v) is 17.1. The molecule has 0 aliphatic carbocycles. The van der Waals surface area contributed by atoms with E-state index < -0.39 is 0 Å². The van der Waals surface area contributed by atoms with Crippen molar-refractivity contribution in [2.75, 3.05) is 20.2 Å². The molecule has 156 valence electrons. The van der Waals surface area contributed by atoms with Crippen LogP contribution >= 0.6 is 0 Å². The predicted octanol–water partition coefficient (Wildman–Crippen LogP) is 4.51. The molecule has 3 aromatic rings. The van der Waals surface area contributed by atoms with E-state index in [1.807, 2.05) is 17.0 Å². The van der Waals surface area contributed by atoms with Crippen molar-refractivity contribution >= 4 is 5.91 Å². The number of halogens is 1. The SMILES string of the molecule is COc1ccc(CCC2CCN(C(=O)c3cncn3-c3ccc(F)cc3)CC2)cc1. The Labute approximate surface area is 176 Å². The molecular formula is C24H26FN3O2. The number of methoxy groups -OCH3 is 1. The van der Waals surface area contributed by atoms with Crippen molar-refractivity contribution in [3.8, 4) is 11.4 Å². The molecular weight excluding hydrogens is 381 g/mol. The summed E-state index contributed by atoms with van der Waals surface area (Å²) in [6.07, 6.45) is 7.37. The summed E-state index contributed by atoms with van der Waals surface area (Å²) in [5.41, 5.74) is 2.56. The van der Waals surface area contributed by atoms with Gasteiger partial charge < -0.3 is 9.64 Å². The van der Waals surface area contributed by atoms with Crippen molar-refractivity contribution < 1.29 is 13.9 Å². The molecule has 0 unspecified atom stereocenters. The van der Waals surface area contributed by atoms with Crippen LogP contribution in [0.4, 0.5) is 4.39 Å². The minimum Gasteiger partial charge on any atom is -0.497 e. The van der Waals surface area contributed by atoms with E-state index in [1.54, 1.807) is 36.3 Å². The molecule has 5 nitrogen and oxygen atoms in total. The van der Waals surface area contributed by atoms with Gasteiger partial charge >= 0.3 is 0 Å². The zero-order valence-electron chi connectivity index (χ0n) is 17.1. The highest BCUT2D eigenvalue weighted by molar-refractivity contribution is 5.93. The first-order chi connectivity index (χ1) is 14.6. The summed E-state index contributed by atoms with van der Waals surface area (Å²) >= 11 is 0. The number of carbonyl (C=O) groups is 1. The molecule has 4 rings (SSSR count). The Kier molecular flexibility index (Phi) is 6.12. The van der Waals surface area contributed by atoms with Crippen molar-refractivity contribution in [2.24, 2.45) is 5.92 Å². The maximum Gasteiger partial charge on any atom is 0.272 e. The fourth-order valence-corrected chi connectivity index (χ4v) is 4.01. The van der Waals surface area contributed by atoms with Gasteiger partial charge in [0, 0.05) is 18.8 Å². The Balaban J connectivity index is 1.32. The summed E-state index contributed by atoms with van der Waals surface area (Å²) < 4.78 is 20.1. The van der Waals surface area contributed by atoms with Crippen LogP contribution in [0.15, 0.2) is 61.1 Å². The number of nitrogens with zero attached hydrogens (tertiary/aromatic N) is 3. The van der Waals surface area contributed by atoms with Gasteiger partial charge in [-0.3, -0.25) is 9.36 Å². The van der Waals surface area contributed by atoms with E-state index >= 15 is 0 Å². The quantitative estimate of drug-likeness (QED) is 0.604. The molecule has 0 spiro atoms. The van der Waals surface area contributed by atoms with E-state index in [1.165, 1.54) is 17.7 Å². The topological polar surface area (TPSA) is 47.4 Å². The highest BCUT2D eigenvalue weighted by atomic mass is 19.1. The fourth-order valence-electron chi connectivity index (χ4n) is 4.01. The van der Waals surface area contributed by atoms with Crippen molar-refractivity contribution in [2.45, 2.75) is 25.7 Å². The molecule has 1 aliphatic heterocycles. The number of hydrogen-bond acceptors (Lipinski definition) is 3. The van der Waals surface area contributed by atoms with Crippen LogP contribution in [0.2, 0.25) is 0 Å². The Bertz CT molecular complexity index is 974. The lowest BCUT2D eigenvalue weighted by atomic mass is 9.90. The third-order valence-corrected chi connectivity index (χ3v) is 5.86. The molecule has 0 bridgehead atoms. The van der Waals surface area contributed by atoms with Gasteiger partial charge in [-0.15, -0.1) is 0 Å². The van der Waals surface area contributed by atoms with Gasteiger partial charge in [0.25, 0.3) is 5.91 Å². The van der Waals surface area contributed by atoms with Crippen LogP contribution in [0, 0.1) is 11.7 Å². The lowest BCUT2D eigenvalue weighted by Gasteiger charge is -2.32. The van der Waals surface area contributed by atoms with Gasteiger partial charge in [-0.05, 0) is 73.6 Å². The number of likely N-dealkylation sites (tertiary alicyclic amines) is 1. The van der Waals surface area contributed by atoms with E-state index in [9.17, 15) is 9.18 Å². The summed E-state index contributed by atoms with van der Waals surface area (Å²) in [4.78, 5) is 19.1. The van der Waals surface area contributed by atoms with Gasteiger partial charge in [-0.1, -0.05) is 12.1 Å². The lowest BCUT2D eigenvalue weighted by Crippen LogP contribution is -2.39. The highest BCUT2D eigenvalue weighted by Gasteiger charge is 2.25. The van der Waals surface area contributed by atoms with Crippen molar-refractivity contribution in [3.05, 3.63) is 78.1 Å². The number of ether oxygens (including phenoxy) is 1. The maximum absolute atomic E-state index is 13.2. The third kappa shape index (κ3) is 4.53. The molecule has 0 atom stereocenters. The van der Waals surface area contributed by atoms with E-state index in [-0.39, 0.29) is 11.7 Å². The van der Waals surface area contributed by atoms with Gasteiger partial charge in [0.1, 0.15) is 17.3 Å². The third-order valence-electron chi connectivity index (χ3n) is 5.86. The minimum atomic E-state index is -0.302. The molecule has 0 N–H and O–H groups in total. The lowest BCUT2D eigenvalue weighted by molar-refractivity contribution is 0.0679. The Morgan fingerprint density at radius 3 is 2.47 bits per heavy atom. The molecule has 30 heavy (non-hydrogen) atoms. The average Bonchev–Trinajstić information content (AvgIpc) is 3.28. The summed E-state index contributed by atoms with van der Waals surface area (Å²) in [5, 5.41) is 0. The number of aryl methyl sites for hydroxylation is 1. The smallest absolute Gasteiger partial charge is 0.272 e. The van der Waals surface area contributed by atoms with E-state index in [4.69, 9.17) is 4.74 Å². The first kappa shape index (κ1) is 20.1.